The molecule has 3 rings (SSSR count). The molecule has 98 valence electrons. The van der Waals surface area contributed by atoms with Gasteiger partial charge in [-0.1, -0.05) is 0 Å². The highest BCUT2D eigenvalue weighted by atomic mass is 16.2. The molecule has 0 spiro atoms. The van der Waals surface area contributed by atoms with Crippen molar-refractivity contribution >= 4 is 11.7 Å². The van der Waals surface area contributed by atoms with Gasteiger partial charge in [0, 0.05) is 50.1 Å². The van der Waals surface area contributed by atoms with Crippen LogP contribution in [-0.2, 0) is 11.8 Å². The summed E-state index contributed by atoms with van der Waals surface area (Å²) < 4.78 is 1.71. The van der Waals surface area contributed by atoms with Gasteiger partial charge in [-0.05, 0) is 12.1 Å². The van der Waals surface area contributed by atoms with Crippen LogP contribution in [0, 0.1) is 0 Å². The minimum atomic E-state index is -0.0933. The second-order valence-corrected chi connectivity index (χ2v) is 4.72. The largest absolute Gasteiger partial charge is 0.326 e. The number of rotatable bonds is 2. The molecule has 3 heterocycles. The Morgan fingerprint density at radius 2 is 2.32 bits per heavy atom. The lowest BCUT2D eigenvalue weighted by Crippen LogP contribution is -2.29. The average Bonchev–Trinajstić information content (AvgIpc) is 2.93. The maximum absolute atomic E-state index is 11.9. The second-order valence-electron chi connectivity index (χ2n) is 4.72. The van der Waals surface area contributed by atoms with E-state index in [1.165, 1.54) is 0 Å². The molecule has 2 N–H and O–H groups in total. The van der Waals surface area contributed by atoms with Crippen LogP contribution < -0.4 is 10.6 Å². The van der Waals surface area contributed by atoms with Crippen molar-refractivity contribution in [1.82, 2.24) is 14.8 Å². The highest BCUT2D eigenvalue weighted by molar-refractivity contribution is 5.95. The highest BCUT2D eigenvalue weighted by Crippen LogP contribution is 2.25. The first-order valence-electron chi connectivity index (χ1n) is 6.15. The molecular weight excluding hydrogens is 242 g/mol. The predicted octanol–water partition coefficient (Wildman–Crippen LogP) is 0.546. The number of pyridine rings is 1. The van der Waals surface area contributed by atoms with E-state index in [9.17, 15) is 4.79 Å². The van der Waals surface area contributed by atoms with Crippen LogP contribution in [0.5, 0.6) is 0 Å². The zero-order chi connectivity index (χ0) is 13.4. The molecule has 19 heavy (non-hydrogen) atoms. The molecule has 0 aliphatic carbocycles. The van der Waals surface area contributed by atoms with Gasteiger partial charge >= 0.3 is 0 Å². The van der Waals surface area contributed by atoms with Crippen LogP contribution in [0.2, 0.25) is 0 Å². The van der Waals surface area contributed by atoms with Crippen molar-refractivity contribution < 1.29 is 4.79 Å². The van der Waals surface area contributed by atoms with Crippen LogP contribution in [0.1, 0.15) is 6.42 Å². The number of hydrogen-bond donors (Lipinski definition) is 1. The molecule has 1 amide bonds. The van der Waals surface area contributed by atoms with E-state index >= 15 is 0 Å². The fourth-order valence-electron chi connectivity index (χ4n) is 2.32. The summed E-state index contributed by atoms with van der Waals surface area (Å²) in [6.45, 7) is 0.546. The molecule has 1 atom stereocenters. The van der Waals surface area contributed by atoms with Gasteiger partial charge < -0.3 is 5.73 Å². The first kappa shape index (κ1) is 11.9. The average molecular weight is 257 g/mol. The Morgan fingerprint density at radius 1 is 1.47 bits per heavy atom. The van der Waals surface area contributed by atoms with Gasteiger partial charge in [0.15, 0.2) is 0 Å². The van der Waals surface area contributed by atoms with Crippen LogP contribution in [-0.4, -0.2) is 33.3 Å². The number of aryl methyl sites for hydroxylation is 1. The predicted molar refractivity (Wildman–Crippen MR) is 71.4 cm³/mol. The first-order chi connectivity index (χ1) is 9.15. The van der Waals surface area contributed by atoms with Gasteiger partial charge in [-0.2, -0.15) is 5.10 Å². The third-order valence-corrected chi connectivity index (χ3v) is 3.24. The van der Waals surface area contributed by atoms with Crippen molar-refractivity contribution in [3.05, 3.63) is 30.6 Å². The summed E-state index contributed by atoms with van der Waals surface area (Å²) in [6.07, 6.45) is 3.87. The van der Waals surface area contributed by atoms with Gasteiger partial charge in [-0.15, -0.1) is 0 Å². The molecule has 6 nitrogen and oxygen atoms in total. The number of amides is 1. The highest BCUT2D eigenvalue weighted by Gasteiger charge is 2.30. The van der Waals surface area contributed by atoms with E-state index in [1.807, 2.05) is 25.2 Å². The summed E-state index contributed by atoms with van der Waals surface area (Å²) >= 11 is 0. The van der Waals surface area contributed by atoms with Crippen molar-refractivity contribution in [1.29, 1.82) is 0 Å². The topological polar surface area (TPSA) is 77.0 Å². The SMILES string of the molecule is Cn1nc(-c2cccnc2)cc1N1CC(N)CC1=O. The first-order valence-corrected chi connectivity index (χ1v) is 6.15. The molecule has 1 fully saturated rings. The minimum absolute atomic E-state index is 0.0493. The van der Waals surface area contributed by atoms with Crippen molar-refractivity contribution in [2.75, 3.05) is 11.4 Å². The molecule has 0 aromatic carbocycles. The normalized spacial score (nSPS) is 19.2. The number of hydrogen-bond acceptors (Lipinski definition) is 4. The van der Waals surface area contributed by atoms with E-state index in [0.717, 1.165) is 17.1 Å². The molecule has 1 aliphatic heterocycles. The molecule has 0 radical (unpaired) electrons. The number of carbonyl (C=O) groups excluding carboxylic acids is 1. The number of aromatic nitrogens is 3. The zero-order valence-corrected chi connectivity index (χ0v) is 10.7. The molecule has 1 unspecified atom stereocenters. The summed E-state index contributed by atoms with van der Waals surface area (Å²) in [4.78, 5) is 17.6. The Morgan fingerprint density at radius 3 is 2.95 bits per heavy atom. The molecule has 2 aromatic rings. The van der Waals surface area contributed by atoms with Crippen molar-refractivity contribution in [3.8, 4) is 11.3 Å². The monoisotopic (exact) mass is 257 g/mol. The smallest absolute Gasteiger partial charge is 0.229 e. The summed E-state index contributed by atoms with van der Waals surface area (Å²) in [5, 5.41) is 4.43. The van der Waals surface area contributed by atoms with Crippen molar-refractivity contribution in [2.24, 2.45) is 12.8 Å². The van der Waals surface area contributed by atoms with E-state index < -0.39 is 0 Å². The Bertz CT molecular complexity index is 607. The fourth-order valence-corrected chi connectivity index (χ4v) is 2.32. The Labute approximate surface area is 110 Å². The molecule has 2 aromatic heterocycles. The second kappa shape index (κ2) is 4.47. The molecule has 0 bridgehead atoms. The molecular formula is C13H15N5O. The Balaban J connectivity index is 1.96. The van der Waals surface area contributed by atoms with Gasteiger partial charge in [-0.25, -0.2) is 0 Å². The number of carbonyl (C=O) groups is 1. The van der Waals surface area contributed by atoms with Crippen LogP contribution >= 0.6 is 0 Å². The molecule has 1 aliphatic rings. The number of nitrogens with zero attached hydrogens (tertiary/aromatic N) is 4. The van der Waals surface area contributed by atoms with E-state index in [2.05, 4.69) is 10.1 Å². The summed E-state index contributed by atoms with van der Waals surface area (Å²) in [5.41, 5.74) is 7.55. The Hall–Kier alpha value is -2.21. The van der Waals surface area contributed by atoms with Gasteiger partial charge in [-0.3, -0.25) is 19.4 Å². The maximum Gasteiger partial charge on any atom is 0.229 e. The zero-order valence-electron chi connectivity index (χ0n) is 10.7. The van der Waals surface area contributed by atoms with E-state index in [1.54, 1.807) is 22.0 Å². The lowest BCUT2D eigenvalue weighted by atomic mass is 10.2. The number of nitrogens with two attached hydrogens (primary N) is 1. The van der Waals surface area contributed by atoms with E-state index in [0.29, 0.717) is 13.0 Å². The van der Waals surface area contributed by atoms with Gasteiger partial charge in [0.1, 0.15) is 5.82 Å². The summed E-state index contributed by atoms with van der Waals surface area (Å²) in [5.74, 6) is 0.824. The lowest BCUT2D eigenvalue weighted by molar-refractivity contribution is -0.117. The maximum atomic E-state index is 11.9. The van der Waals surface area contributed by atoms with E-state index in [-0.39, 0.29) is 11.9 Å². The van der Waals surface area contributed by atoms with Gasteiger partial charge in [0.05, 0.1) is 5.69 Å². The standard InChI is InChI=1S/C13H15N5O/c1-17-12(18-8-10(14)5-13(18)19)6-11(16-17)9-3-2-4-15-7-9/h2-4,6-7,10H,5,8,14H2,1H3. The van der Waals surface area contributed by atoms with Crippen molar-refractivity contribution in [2.45, 2.75) is 12.5 Å². The van der Waals surface area contributed by atoms with E-state index in [4.69, 9.17) is 5.73 Å². The van der Waals surface area contributed by atoms with Gasteiger partial charge in [0.25, 0.3) is 0 Å². The quantitative estimate of drug-likeness (QED) is 0.852. The third-order valence-electron chi connectivity index (χ3n) is 3.24. The van der Waals surface area contributed by atoms with Crippen LogP contribution in [0.15, 0.2) is 30.6 Å². The van der Waals surface area contributed by atoms with Crippen LogP contribution in [0.25, 0.3) is 11.3 Å². The minimum Gasteiger partial charge on any atom is -0.326 e. The van der Waals surface area contributed by atoms with Crippen LogP contribution in [0.3, 0.4) is 0 Å². The molecule has 6 heteroatoms. The van der Waals surface area contributed by atoms with Crippen LogP contribution in [0.4, 0.5) is 5.82 Å². The lowest BCUT2D eigenvalue weighted by Gasteiger charge is -2.15. The summed E-state index contributed by atoms with van der Waals surface area (Å²) in [7, 11) is 1.83. The summed E-state index contributed by atoms with van der Waals surface area (Å²) in [6, 6.07) is 5.61. The fraction of sp³-hybridized carbons (Fsp3) is 0.308. The van der Waals surface area contributed by atoms with Gasteiger partial charge in [0.2, 0.25) is 5.91 Å². The molecule has 0 saturated carbocycles. The third kappa shape index (κ3) is 2.10. The number of anilines is 1. The van der Waals surface area contributed by atoms with Crippen molar-refractivity contribution in [3.63, 3.8) is 0 Å². The Kier molecular flexibility index (Phi) is 2.79. The molecule has 1 saturated heterocycles.